The van der Waals surface area contributed by atoms with Crippen LogP contribution < -0.4 is 14.9 Å². The van der Waals surface area contributed by atoms with E-state index in [0.717, 1.165) is 0 Å². The molecule has 33 heavy (non-hydrogen) atoms. The highest BCUT2D eigenvalue weighted by Gasteiger charge is 2.61. The van der Waals surface area contributed by atoms with Crippen molar-refractivity contribution in [3.63, 3.8) is 0 Å². The van der Waals surface area contributed by atoms with E-state index in [2.05, 4.69) is 5.43 Å². The van der Waals surface area contributed by atoms with Crippen molar-refractivity contribution in [2.45, 2.75) is 58.8 Å². The van der Waals surface area contributed by atoms with Crippen LogP contribution in [0.4, 0.5) is 9.59 Å². The van der Waals surface area contributed by atoms with Gasteiger partial charge in [0, 0.05) is 12.0 Å². The molecule has 0 bridgehead atoms. The number of carbonyl (C=O) groups is 4. The van der Waals surface area contributed by atoms with Crippen molar-refractivity contribution in [1.82, 2.24) is 10.4 Å². The minimum atomic E-state index is -2.27. The van der Waals surface area contributed by atoms with E-state index in [1.165, 1.54) is 26.4 Å². The van der Waals surface area contributed by atoms with Gasteiger partial charge in [-0.1, -0.05) is 0 Å². The first kappa shape index (κ1) is 25.8. The summed E-state index contributed by atoms with van der Waals surface area (Å²) in [7, 11) is 2.83. The summed E-state index contributed by atoms with van der Waals surface area (Å²) in [5.74, 6) is -1.22. The molecule has 11 heteroatoms. The summed E-state index contributed by atoms with van der Waals surface area (Å²) in [5.41, 5.74) is 0.454. The zero-order valence-corrected chi connectivity index (χ0v) is 19.8. The number of fused-ring (bicyclic) bond motifs is 1. The molecule has 182 valence electrons. The number of rotatable bonds is 7. The van der Waals surface area contributed by atoms with Crippen molar-refractivity contribution < 1.29 is 42.9 Å². The molecule has 0 saturated heterocycles. The second-order valence-corrected chi connectivity index (χ2v) is 7.78. The molecule has 1 atom stereocenters. The van der Waals surface area contributed by atoms with E-state index >= 15 is 0 Å². The summed E-state index contributed by atoms with van der Waals surface area (Å²) < 4.78 is 26.0. The summed E-state index contributed by atoms with van der Waals surface area (Å²) in [5, 5.41) is 0.553. The van der Waals surface area contributed by atoms with Crippen LogP contribution in [0.3, 0.4) is 0 Å². The summed E-state index contributed by atoms with van der Waals surface area (Å²) in [6.45, 7) is 7.86. The van der Waals surface area contributed by atoms with Crippen molar-refractivity contribution >= 4 is 23.9 Å². The van der Waals surface area contributed by atoms with Crippen LogP contribution in [0, 0.1) is 0 Å². The number of Topliss-reactive ketones (excluding diaryl/α,β-unsaturated/α-hetero) is 1. The zero-order valence-electron chi connectivity index (χ0n) is 19.8. The SMILES string of the molecule is CCOC(=O)[C@@]1(N(NC(=O)OC(C)C)C(=O)OC(C)C)Cc2cc(OC)c(OC)cc2C1=O. The van der Waals surface area contributed by atoms with Gasteiger partial charge in [0.1, 0.15) is 0 Å². The highest BCUT2D eigenvalue weighted by atomic mass is 16.6. The lowest BCUT2D eigenvalue weighted by atomic mass is 9.93. The van der Waals surface area contributed by atoms with Gasteiger partial charge in [-0.05, 0) is 52.3 Å². The number of esters is 1. The van der Waals surface area contributed by atoms with Crippen molar-refractivity contribution in [2.24, 2.45) is 0 Å². The maximum atomic E-state index is 13.7. The van der Waals surface area contributed by atoms with E-state index in [1.54, 1.807) is 34.6 Å². The molecule has 0 radical (unpaired) electrons. The van der Waals surface area contributed by atoms with Crippen LogP contribution in [-0.2, 0) is 25.4 Å². The van der Waals surface area contributed by atoms with Gasteiger partial charge >= 0.3 is 18.2 Å². The van der Waals surface area contributed by atoms with Crippen LogP contribution >= 0.6 is 0 Å². The van der Waals surface area contributed by atoms with Crippen LogP contribution in [0.1, 0.15) is 50.5 Å². The Morgan fingerprint density at radius 1 is 1.03 bits per heavy atom. The molecule has 0 saturated carbocycles. The molecule has 0 aliphatic heterocycles. The summed E-state index contributed by atoms with van der Waals surface area (Å²) >= 11 is 0. The Hall–Kier alpha value is -3.50. The molecule has 1 aromatic rings. The molecule has 0 aromatic heterocycles. The third kappa shape index (κ3) is 5.12. The molecule has 11 nitrogen and oxygen atoms in total. The molecule has 1 aliphatic carbocycles. The molecule has 1 aliphatic rings. The van der Waals surface area contributed by atoms with E-state index in [9.17, 15) is 19.2 Å². The van der Waals surface area contributed by atoms with Crippen molar-refractivity contribution in [2.75, 3.05) is 20.8 Å². The predicted molar refractivity (Wildman–Crippen MR) is 115 cm³/mol. The lowest BCUT2D eigenvalue weighted by molar-refractivity contribution is -0.155. The van der Waals surface area contributed by atoms with E-state index < -0.39 is 41.7 Å². The zero-order chi connectivity index (χ0) is 24.9. The van der Waals surface area contributed by atoms with Gasteiger partial charge in [-0.2, -0.15) is 5.01 Å². The Morgan fingerprint density at radius 3 is 2.12 bits per heavy atom. The van der Waals surface area contributed by atoms with Gasteiger partial charge < -0.3 is 23.7 Å². The number of hydrogen-bond acceptors (Lipinski definition) is 9. The van der Waals surface area contributed by atoms with Gasteiger partial charge in [-0.25, -0.2) is 19.8 Å². The molecule has 0 fully saturated rings. The summed E-state index contributed by atoms with van der Waals surface area (Å²) in [6, 6.07) is 2.95. The average Bonchev–Trinajstić information content (AvgIpc) is 3.02. The standard InChI is InChI=1S/C22H30N2O9/c1-8-31-19(26)22(24(21(28)33-13(4)5)23-20(27)32-12(2)3)11-14-9-16(29-6)17(30-7)10-15(14)18(22)25/h9-10,12-13H,8,11H2,1-7H3,(H,23,27)/t22-/m1/s1. The smallest absolute Gasteiger partial charge is 0.430 e. The minimum Gasteiger partial charge on any atom is -0.493 e. The highest BCUT2D eigenvalue weighted by molar-refractivity contribution is 6.21. The van der Waals surface area contributed by atoms with Crippen LogP contribution in [-0.4, -0.2) is 67.5 Å². The number of ketones is 1. The first-order valence-electron chi connectivity index (χ1n) is 10.5. The lowest BCUT2D eigenvalue weighted by Crippen LogP contribution is -2.67. The van der Waals surface area contributed by atoms with Gasteiger partial charge in [0.05, 0.1) is 33.0 Å². The van der Waals surface area contributed by atoms with Crippen molar-refractivity contribution in [1.29, 1.82) is 0 Å². The number of methoxy groups -OCH3 is 2. The second kappa shape index (κ2) is 10.4. The van der Waals surface area contributed by atoms with E-state index in [1.807, 2.05) is 0 Å². The first-order valence-corrected chi connectivity index (χ1v) is 10.5. The molecule has 2 rings (SSSR count). The van der Waals surface area contributed by atoms with Crippen LogP contribution in [0.15, 0.2) is 12.1 Å². The number of hydrogen-bond donors (Lipinski definition) is 1. The number of benzene rings is 1. The monoisotopic (exact) mass is 466 g/mol. The Kier molecular flexibility index (Phi) is 8.13. The lowest BCUT2D eigenvalue weighted by Gasteiger charge is -2.36. The number of hydrazine groups is 1. The molecule has 0 spiro atoms. The van der Waals surface area contributed by atoms with Gasteiger partial charge in [0.15, 0.2) is 11.5 Å². The van der Waals surface area contributed by atoms with Crippen LogP contribution in [0.25, 0.3) is 0 Å². The molecule has 2 amide bonds. The maximum Gasteiger partial charge on any atom is 0.430 e. The second-order valence-electron chi connectivity index (χ2n) is 7.78. The Labute approximate surface area is 192 Å². The number of nitrogens with one attached hydrogen (secondary N) is 1. The predicted octanol–water partition coefficient (Wildman–Crippen LogP) is 2.64. The average molecular weight is 466 g/mol. The number of carbonyl (C=O) groups excluding carboxylic acids is 4. The Morgan fingerprint density at radius 2 is 1.61 bits per heavy atom. The molecule has 1 aromatic carbocycles. The van der Waals surface area contributed by atoms with Crippen molar-refractivity contribution in [3.05, 3.63) is 23.3 Å². The van der Waals surface area contributed by atoms with E-state index in [0.29, 0.717) is 16.3 Å². The third-order valence-corrected chi connectivity index (χ3v) is 4.74. The Balaban J connectivity index is 2.67. The topological polar surface area (TPSA) is 130 Å². The van der Waals surface area contributed by atoms with Crippen molar-refractivity contribution in [3.8, 4) is 11.5 Å². The third-order valence-electron chi connectivity index (χ3n) is 4.74. The van der Waals surface area contributed by atoms with Gasteiger partial charge in [0.2, 0.25) is 11.3 Å². The van der Waals surface area contributed by atoms with Gasteiger partial charge in [-0.3, -0.25) is 4.79 Å². The number of amides is 2. The number of ether oxygens (including phenoxy) is 5. The summed E-state index contributed by atoms with van der Waals surface area (Å²) in [4.78, 5) is 52.4. The van der Waals surface area contributed by atoms with Crippen LogP contribution in [0.5, 0.6) is 11.5 Å². The Bertz CT molecular complexity index is 929. The number of nitrogens with zero attached hydrogens (tertiary/aromatic N) is 1. The fourth-order valence-corrected chi connectivity index (χ4v) is 3.43. The molecule has 0 unspecified atom stereocenters. The fourth-order valence-electron chi connectivity index (χ4n) is 3.43. The quantitative estimate of drug-likeness (QED) is 0.279. The molecule has 1 N–H and O–H groups in total. The van der Waals surface area contributed by atoms with Gasteiger partial charge in [0.25, 0.3) is 0 Å². The highest BCUT2D eigenvalue weighted by Crippen LogP contribution is 2.41. The molecular formula is C22H30N2O9. The van der Waals surface area contributed by atoms with Gasteiger partial charge in [-0.15, -0.1) is 0 Å². The van der Waals surface area contributed by atoms with E-state index in [4.69, 9.17) is 23.7 Å². The van der Waals surface area contributed by atoms with Crippen LogP contribution in [0.2, 0.25) is 0 Å². The fraction of sp³-hybridized carbons (Fsp3) is 0.545. The largest absolute Gasteiger partial charge is 0.493 e. The minimum absolute atomic E-state index is 0.0691. The summed E-state index contributed by atoms with van der Waals surface area (Å²) in [6.07, 6.45) is -3.61. The maximum absolute atomic E-state index is 13.7. The first-order chi connectivity index (χ1) is 15.5. The normalized spacial score (nSPS) is 16.8. The molecular weight excluding hydrogens is 436 g/mol. The molecule has 0 heterocycles. The van der Waals surface area contributed by atoms with E-state index in [-0.39, 0.29) is 24.3 Å².